The summed E-state index contributed by atoms with van der Waals surface area (Å²) < 4.78 is 24.8. The third kappa shape index (κ3) is 1.98. The smallest absolute Gasteiger partial charge is 0.339 e. The molecule has 5 nitrogen and oxygen atoms in total. The Kier molecular flexibility index (Phi) is 3.07. The quantitative estimate of drug-likeness (QED) is 0.884. The Morgan fingerprint density at radius 3 is 2.37 bits per heavy atom. The number of benzene rings is 2. The lowest BCUT2D eigenvalue weighted by molar-refractivity contribution is -0.139. The van der Waals surface area contributed by atoms with Crippen molar-refractivity contribution in [2.24, 2.45) is 5.73 Å². The van der Waals surface area contributed by atoms with E-state index in [1.165, 1.54) is 6.07 Å². The summed E-state index contributed by atoms with van der Waals surface area (Å²) >= 11 is 0. The third-order valence-corrected chi connectivity index (χ3v) is 5.25. The molecular formula is C13H13NO4S. The van der Waals surface area contributed by atoms with E-state index in [4.69, 9.17) is 10.8 Å². The summed E-state index contributed by atoms with van der Waals surface area (Å²) in [6.07, 6.45) is 0. The molecule has 0 fully saturated rings. The lowest BCUT2D eigenvalue weighted by atomic mass is 10.1. The second-order valence-corrected chi connectivity index (χ2v) is 6.69. The van der Waals surface area contributed by atoms with Crippen molar-refractivity contribution in [1.29, 1.82) is 0 Å². The van der Waals surface area contributed by atoms with Gasteiger partial charge in [0, 0.05) is 5.39 Å². The van der Waals surface area contributed by atoms with Gasteiger partial charge in [-0.3, -0.25) is 0 Å². The molecule has 0 aliphatic carbocycles. The van der Waals surface area contributed by atoms with E-state index in [-0.39, 0.29) is 4.90 Å². The van der Waals surface area contributed by atoms with Crippen molar-refractivity contribution in [2.45, 2.75) is 16.7 Å². The largest absolute Gasteiger partial charge is 0.479 e. The molecule has 0 unspecified atom stereocenters. The summed E-state index contributed by atoms with van der Waals surface area (Å²) in [6.45, 7) is 0.979. The summed E-state index contributed by atoms with van der Waals surface area (Å²) in [7, 11) is -4.19. The number of hydrogen-bond donors (Lipinski definition) is 2. The minimum atomic E-state index is -4.19. The predicted molar refractivity (Wildman–Crippen MR) is 71.4 cm³/mol. The van der Waals surface area contributed by atoms with Gasteiger partial charge in [-0.15, -0.1) is 0 Å². The molecule has 0 spiro atoms. The maximum Gasteiger partial charge on any atom is 0.339 e. The Bertz CT molecular complexity index is 745. The topological polar surface area (TPSA) is 97.5 Å². The van der Waals surface area contributed by atoms with Crippen LogP contribution in [0.4, 0.5) is 0 Å². The predicted octanol–water partition coefficient (Wildman–Crippen LogP) is 1.37. The minimum Gasteiger partial charge on any atom is -0.479 e. The van der Waals surface area contributed by atoms with Crippen molar-refractivity contribution in [2.75, 3.05) is 0 Å². The maximum atomic E-state index is 12.4. The van der Waals surface area contributed by atoms with Crippen LogP contribution in [0.5, 0.6) is 0 Å². The molecule has 0 aromatic heterocycles. The first kappa shape index (κ1) is 13.5. The van der Waals surface area contributed by atoms with E-state index in [2.05, 4.69) is 0 Å². The SMILES string of the molecule is C[C@@](N)(C(=O)O)S(=O)(=O)c1cccc2ccccc12. The standard InChI is InChI=1S/C13H13NO4S/c1-13(14,12(15)16)19(17,18)11-8-4-6-9-5-2-3-7-10(9)11/h2-8H,14H2,1H3,(H,15,16)/t13-/m0/s1. The summed E-state index contributed by atoms with van der Waals surface area (Å²) in [5.74, 6) is -1.58. The van der Waals surface area contributed by atoms with Crippen molar-refractivity contribution in [3.63, 3.8) is 0 Å². The molecule has 0 saturated carbocycles. The fourth-order valence-corrected chi connectivity index (χ4v) is 3.19. The number of sulfone groups is 1. The average Bonchev–Trinajstić information content (AvgIpc) is 2.37. The minimum absolute atomic E-state index is 0.0713. The molecule has 1 atom stereocenters. The second-order valence-electron chi connectivity index (χ2n) is 4.39. The van der Waals surface area contributed by atoms with Crippen LogP contribution in [-0.4, -0.2) is 24.4 Å². The van der Waals surface area contributed by atoms with Crippen LogP contribution in [0.25, 0.3) is 10.8 Å². The van der Waals surface area contributed by atoms with E-state index in [0.29, 0.717) is 10.8 Å². The van der Waals surface area contributed by atoms with Crippen LogP contribution in [0.15, 0.2) is 47.4 Å². The molecule has 2 aromatic carbocycles. The average molecular weight is 279 g/mol. The third-order valence-electron chi connectivity index (χ3n) is 3.02. The molecule has 2 rings (SSSR count). The Morgan fingerprint density at radius 1 is 1.16 bits per heavy atom. The van der Waals surface area contributed by atoms with Gasteiger partial charge in [0.1, 0.15) is 0 Å². The molecule has 100 valence electrons. The van der Waals surface area contributed by atoms with E-state index in [9.17, 15) is 13.2 Å². The van der Waals surface area contributed by atoms with Gasteiger partial charge in [-0.2, -0.15) is 0 Å². The number of rotatable bonds is 3. The normalized spacial score (nSPS) is 15.1. The van der Waals surface area contributed by atoms with Gasteiger partial charge in [-0.05, 0) is 18.4 Å². The molecule has 0 aliphatic heterocycles. The van der Waals surface area contributed by atoms with E-state index < -0.39 is 20.7 Å². The van der Waals surface area contributed by atoms with Gasteiger partial charge in [0.2, 0.25) is 14.7 Å². The van der Waals surface area contributed by atoms with Crippen LogP contribution in [0.3, 0.4) is 0 Å². The van der Waals surface area contributed by atoms with Gasteiger partial charge in [0.05, 0.1) is 4.90 Å². The van der Waals surface area contributed by atoms with Crippen molar-refractivity contribution >= 4 is 26.6 Å². The molecule has 3 N–H and O–H groups in total. The molecule has 0 heterocycles. The molecular weight excluding hydrogens is 266 g/mol. The molecule has 0 amide bonds. The van der Waals surface area contributed by atoms with Crippen LogP contribution in [0, 0.1) is 0 Å². The van der Waals surface area contributed by atoms with Gasteiger partial charge in [0.25, 0.3) is 0 Å². The Hall–Kier alpha value is -1.92. The maximum absolute atomic E-state index is 12.4. The fourth-order valence-electron chi connectivity index (χ4n) is 1.77. The number of carboxylic acids is 1. The summed E-state index contributed by atoms with van der Waals surface area (Å²) in [5, 5.41) is 10.2. The first-order valence-corrected chi connectivity index (χ1v) is 7.01. The van der Waals surface area contributed by atoms with Gasteiger partial charge >= 0.3 is 5.97 Å². The second kappa shape index (κ2) is 4.32. The number of carboxylic acid groups (broad SMARTS) is 1. The molecule has 0 radical (unpaired) electrons. The van der Waals surface area contributed by atoms with Gasteiger partial charge in [-0.25, -0.2) is 13.2 Å². The van der Waals surface area contributed by atoms with E-state index in [1.807, 2.05) is 0 Å². The zero-order chi connectivity index (χ0) is 14.3. The monoisotopic (exact) mass is 279 g/mol. The zero-order valence-corrected chi connectivity index (χ0v) is 11.0. The Balaban J connectivity index is 2.79. The Morgan fingerprint density at radius 2 is 1.74 bits per heavy atom. The van der Waals surface area contributed by atoms with E-state index in [1.54, 1.807) is 36.4 Å². The van der Waals surface area contributed by atoms with Crippen LogP contribution >= 0.6 is 0 Å². The molecule has 0 bridgehead atoms. The van der Waals surface area contributed by atoms with Crippen LogP contribution < -0.4 is 5.73 Å². The first-order chi connectivity index (χ1) is 8.78. The van der Waals surface area contributed by atoms with Crippen molar-refractivity contribution < 1.29 is 18.3 Å². The van der Waals surface area contributed by atoms with Crippen LogP contribution in [-0.2, 0) is 14.6 Å². The fraction of sp³-hybridized carbons (Fsp3) is 0.154. The lowest BCUT2D eigenvalue weighted by Gasteiger charge is -2.20. The van der Waals surface area contributed by atoms with Gasteiger partial charge in [-0.1, -0.05) is 36.4 Å². The summed E-state index contributed by atoms with van der Waals surface area (Å²) in [5.41, 5.74) is 5.47. The number of aliphatic carboxylic acids is 1. The number of nitrogens with two attached hydrogens (primary N) is 1. The molecule has 0 saturated heterocycles. The zero-order valence-electron chi connectivity index (χ0n) is 10.2. The van der Waals surface area contributed by atoms with E-state index >= 15 is 0 Å². The van der Waals surface area contributed by atoms with Crippen molar-refractivity contribution in [3.8, 4) is 0 Å². The van der Waals surface area contributed by atoms with Crippen LogP contribution in [0.2, 0.25) is 0 Å². The summed E-state index contributed by atoms with van der Waals surface area (Å²) in [4.78, 5) is 8.64. The number of carbonyl (C=O) groups is 1. The highest BCUT2D eigenvalue weighted by atomic mass is 32.2. The van der Waals surface area contributed by atoms with Crippen molar-refractivity contribution in [1.82, 2.24) is 0 Å². The highest BCUT2D eigenvalue weighted by Crippen LogP contribution is 2.28. The highest BCUT2D eigenvalue weighted by Gasteiger charge is 2.44. The Labute approximate surface area is 110 Å². The molecule has 6 heteroatoms. The number of hydrogen-bond acceptors (Lipinski definition) is 4. The van der Waals surface area contributed by atoms with Gasteiger partial charge < -0.3 is 10.8 Å². The van der Waals surface area contributed by atoms with Crippen LogP contribution in [0.1, 0.15) is 6.92 Å². The molecule has 19 heavy (non-hydrogen) atoms. The lowest BCUT2D eigenvalue weighted by Crippen LogP contribution is -2.51. The first-order valence-electron chi connectivity index (χ1n) is 5.53. The highest BCUT2D eigenvalue weighted by molar-refractivity contribution is 7.93. The number of fused-ring (bicyclic) bond motifs is 1. The van der Waals surface area contributed by atoms with E-state index in [0.717, 1.165) is 6.92 Å². The summed E-state index contributed by atoms with van der Waals surface area (Å²) in [6, 6.07) is 11.5. The molecule has 2 aromatic rings. The van der Waals surface area contributed by atoms with Crippen molar-refractivity contribution in [3.05, 3.63) is 42.5 Å². The van der Waals surface area contributed by atoms with Gasteiger partial charge in [0.15, 0.2) is 0 Å². The molecule has 0 aliphatic rings.